The Balaban J connectivity index is 1.95. The van der Waals surface area contributed by atoms with Crippen LogP contribution >= 0.6 is 0 Å². The Morgan fingerprint density at radius 2 is 1.58 bits per heavy atom. The number of piperidine rings is 1. The molecule has 0 bridgehead atoms. The first-order chi connectivity index (χ1) is 9.40. The highest BCUT2D eigenvalue weighted by Crippen LogP contribution is 2.31. The number of anilines is 2. The Bertz CT molecular complexity index is 479. The van der Waals surface area contributed by atoms with E-state index in [4.69, 9.17) is 0 Å². The monoisotopic (exact) mass is 256 g/mol. The van der Waals surface area contributed by atoms with Gasteiger partial charge in [0.15, 0.2) is 0 Å². The summed E-state index contributed by atoms with van der Waals surface area (Å²) >= 11 is 0. The first-order valence-electron chi connectivity index (χ1n) is 7.29. The third-order valence-electron chi connectivity index (χ3n) is 4.12. The zero-order valence-corrected chi connectivity index (χ0v) is 11.3. The summed E-state index contributed by atoms with van der Waals surface area (Å²) in [5.41, 5.74) is 1.85. The molecule has 2 aliphatic rings. The highest BCUT2D eigenvalue weighted by molar-refractivity contribution is 5.70. The van der Waals surface area contributed by atoms with Crippen molar-refractivity contribution in [3.8, 4) is 6.07 Å². The van der Waals surface area contributed by atoms with Crippen molar-refractivity contribution in [2.45, 2.75) is 32.1 Å². The second kappa shape index (κ2) is 5.48. The SMILES string of the molecule is N#Cc1c(N2CCCC2)ccnc1N1CCCCC1. The quantitative estimate of drug-likeness (QED) is 0.815. The lowest BCUT2D eigenvalue weighted by Crippen LogP contribution is -2.31. The molecule has 1 aromatic heterocycles. The van der Waals surface area contributed by atoms with E-state index in [1.54, 1.807) is 0 Å². The van der Waals surface area contributed by atoms with Crippen LogP contribution in [0.3, 0.4) is 0 Å². The van der Waals surface area contributed by atoms with Crippen LogP contribution in [0.25, 0.3) is 0 Å². The molecule has 0 unspecified atom stereocenters. The van der Waals surface area contributed by atoms with E-state index in [-0.39, 0.29) is 0 Å². The van der Waals surface area contributed by atoms with Crippen molar-refractivity contribution in [1.82, 2.24) is 4.98 Å². The van der Waals surface area contributed by atoms with Gasteiger partial charge in [0.2, 0.25) is 0 Å². The Hall–Kier alpha value is -1.76. The van der Waals surface area contributed by atoms with Crippen molar-refractivity contribution in [3.05, 3.63) is 17.8 Å². The highest BCUT2D eigenvalue weighted by atomic mass is 15.2. The van der Waals surface area contributed by atoms with Gasteiger partial charge in [0.25, 0.3) is 0 Å². The number of nitriles is 1. The van der Waals surface area contributed by atoms with Gasteiger partial charge in [0.1, 0.15) is 17.5 Å². The standard InChI is InChI=1S/C15H20N4/c16-12-13-14(18-8-4-5-9-18)6-7-17-15(13)19-10-2-1-3-11-19/h6-7H,1-5,8-11H2. The van der Waals surface area contributed by atoms with E-state index in [1.165, 1.54) is 32.1 Å². The zero-order chi connectivity index (χ0) is 13.1. The van der Waals surface area contributed by atoms with Gasteiger partial charge in [0, 0.05) is 32.4 Å². The molecule has 3 heterocycles. The van der Waals surface area contributed by atoms with Gasteiger partial charge >= 0.3 is 0 Å². The van der Waals surface area contributed by atoms with Crippen molar-refractivity contribution in [3.63, 3.8) is 0 Å². The Morgan fingerprint density at radius 3 is 2.26 bits per heavy atom. The van der Waals surface area contributed by atoms with Crippen molar-refractivity contribution >= 4 is 11.5 Å². The molecule has 2 fully saturated rings. The summed E-state index contributed by atoms with van der Waals surface area (Å²) in [5.74, 6) is 0.895. The Kier molecular flexibility index (Phi) is 3.54. The number of hydrogen-bond acceptors (Lipinski definition) is 4. The van der Waals surface area contributed by atoms with Crippen molar-refractivity contribution in [2.75, 3.05) is 36.0 Å². The van der Waals surface area contributed by atoms with Gasteiger partial charge in [-0.3, -0.25) is 0 Å². The van der Waals surface area contributed by atoms with Crippen LogP contribution in [0.5, 0.6) is 0 Å². The molecule has 0 aliphatic carbocycles. The maximum absolute atomic E-state index is 9.55. The van der Waals surface area contributed by atoms with Crippen molar-refractivity contribution < 1.29 is 0 Å². The second-order valence-corrected chi connectivity index (χ2v) is 5.38. The summed E-state index contributed by atoms with van der Waals surface area (Å²) in [6, 6.07) is 4.39. The first-order valence-corrected chi connectivity index (χ1v) is 7.29. The van der Waals surface area contributed by atoms with E-state index >= 15 is 0 Å². The molecule has 19 heavy (non-hydrogen) atoms. The molecule has 0 saturated carbocycles. The van der Waals surface area contributed by atoms with Gasteiger partial charge in [-0.1, -0.05) is 0 Å². The van der Waals surface area contributed by atoms with Gasteiger partial charge in [-0.2, -0.15) is 5.26 Å². The van der Waals surface area contributed by atoms with Crippen LogP contribution in [-0.4, -0.2) is 31.2 Å². The third kappa shape index (κ3) is 2.37. The summed E-state index contributed by atoms with van der Waals surface area (Å²) in [5, 5.41) is 9.55. The van der Waals surface area contributed by atoms with Crippen LogP contribution in [0.15, 0.2) is 12.3 Å². The van der Waals surface area contributed by atoms with Crippen LogP contribution < -0.4 is 9.80 Å². The Labute approximate surface area is 114 Å². The highest BCUT2D eigenvalue weighted by Gasteiger charge is 2.22. The molecule has 0 amide bonds. The van der Waals surface area contributed by atoms with E-state index in [9.17, 15) is 5.26 Å². The van der Waals surface area contributed by atoms with Gasteiger partial charge in [-0.25, -0.2) is 4.98 Å². The smallest absolute Gasteiger partial charge is 0.148 e. The van der Waals surface area contributed by atoms with Gasteiger partial charge in [0.05, 0.1) is 5.69 Å². The minimum absolute atomic E-state index is 0.770. The molecule has 1 aromatic rings. The predicted molar refractivity (Wildman–Crippen MR) is 76.5 cm³/mol. The van der Waals surface area contributed by atoms with Crippen molar-refractivity contribution in [2.24, 2.45) is 0 Å². The topological polar surface area (TPSA) is 43.2 Å². The largest absolute Gasteiger partial charge is 0.370 e. The fraction of sp³-hybridized carbons (Fsp3) is 0.600. The summed E-state index contributed by atoms with van der Waals surface area (Å²) in [6.45, 7) is 4.20. The molecule has 0 spiro atoms. The van der Waals surface area contributed by atoms with Gasteiger partial charge in [-0.15, -0.1) is 0 Å². The second-order valence-electron chi connectivity index (χ2n) is 5.38. The molecule has 4 heteroatoms. The molecule has 2 saturated heterocycles. The minimum Gasteiger partial charge on any atom is -0.370 e. The normalized spacial score (nSPS) is 19.5. The number of pyridine rings is 1. The van der Waals surface area contributed by atoms with E-state index in [1.807, 2.05) is 12.3 Å². The molecule has 0 radical (unpaired) electrons. The van der Waals surface area contributed by atoms with Crippen LogP contribution in [0.4, 0.5) is 11.5 Å². The zero-order valence-electron chi connectivity index (χ0n) is 11.3. The first kappa shape index (κ1) is 12.3. The maximum atomic E-state index is 9.55. The summed E-state index contributed by atoms with van der Waals surface area (Å²) in [7, 11) is 0. The van der Waals surface area contributed by atoms with Crippen LogP contribution in [0.1, 0.15) is 37.7 Å². The lowest BCUT2D eigenvalue weighted by molar-refractivity contribution is 0.573. The number of rotatable bonds is 2. The van der Waals surface area contributed by atoms with E-state index in [2.05, 4.69) is 20.9 Å². The van der Waals surface area contributed by atoms with Crippen LogP contribution in [-0.2, 0) is 0 Å². The summed E-state index contributed by atoms with van der Waals surface area (Å²) < 4.78 is 0. The fourth-order valence-electron chi connectivity index (χ4n) is 3.12. The maximum Gasteiger partial charge on any atom is 0.148 e. The number of nitrogens with zero attached hydrogens (tertiary/aromatic N) is 4. The molecule has 4 nitrogen and oxygen atoms in total. The average molecular weight is 256 g/mol. The van der Waals surface area contributed by atoms with Crippen LogP contribution in [0.2, 0.25) is 0 Å². The predicted octanol–water partition coefficient (Wildman–Crippen LogP) is 2.54. The van der Waals surface area contributed by atoms with E-state index in [0.29, 0.717) is 0 Å². The minimum atomic E-state index is 0.770. The molecule has 0 atom stereocenters. The molecule has 3 rings (SSSR count). The molecular formula is C15H20N4. The van der Waals surface area contributed by atoms with E-state index in [0.717, 1.165) is 43.2 Å². The number of aromatic nitrogens is 1. The van der Waals surface area contributed by atoms with Crippen LogP contribution in [0, 0.1) is 11.3 Å². The molecule has 100 valence electrons. The molecule has 2 aliphatic heterocycles. The lowest BCUT2D eigenvalue weighted by atomic mass is 10.1. The number of hydrogen-bond donors (Lipinski definition) is 0. The fourth-order valence-corrected chi connectivity index (χ4v) is 3.12. The average Bonchev–Trinajstić information content (AvgIpc) is 3.01. The van der Waals surface area contributed by atoms with Crippen molar-refractivity contribution in [1.29, 1.82) is 5.26 Å². The molecule has 0 aromatic carbocycles. The summed E-state index contributed by atoms with van der Waals surface area (Å²) in [4.78, 5) is 9.09. The summed E-state index contributed by atoms with van der Waals surface area (Å²) in [6.07, 6.45) is 8.03. The van der Waals surface area contributed by atoms with E-state index < -0.39 is 0 Å². The third-order valence-corrected chi connectivity index (χ3v) is 4.12. The van der Waals surface area contributed by atoms with Gasteiger partial charge < -0.3 is 9.80 Å². The lowest BCUT2D eigenvalue weighted by Gasteiger charge is -2.30. The molecule has 0 N–H and O–H groups in total. The Morgan fingerprint density at radius 1 is 0.947 bits per heavy atom. The van der Waals surface area contributed by atoms with Gasteiger partial charge in [-0.05, 0) is 38.2 Å². The molecular weight excluding hydrogens is 236 g/mol.